The van der Waals surface area contributed by atoms with Crippen LogP contribution in [0.15, 0.2) is 0 Å². The van der Waals surface area contributed by atoms with Gasteiger partial charge in [0.1, 0.15) is 0 Å². The smallest absolute Gasteiger partial charge is 0.463 e. The Kier molecular flexibility index (Phi) is 3.85. The Morgan fingerprint density at radius 3 is 2.91 bits per heavy atom. The van der Waals surface area contributed by atoms with Crippen molar-refractivity contribution in [3.05, 3.63) is 0 Å². The summed E-state index contributed by atoms with van der Waals surface area (Å²) in [6.07, 6.45) is 0.742. The van der Waals surface area contributed by atoms with Gasteiger partial charge in [-0.3, -0.25) is 0 Å². The second-order valence-electron chi connectivity index (χ2n) is 3.73. The third kappa shape index (κ3) is 3.55. The normalized spacial score (nSPS) is 26.2. The number of rotatable bonds is 2. The molecule has 1 rings (SSSR count). The van der Waals surface area contributed by atoms with Gasteiger partial charge in [0.15, 0.2) is 6.36 Å². The highest BCUT2D eigenvalue weighted by atomic mass is 27.2. The molecule has 0 N–H and O–H groups in total. The molecule has 0 aromatic heterocycles. The molecule has 1 heterocycles. The lowest BCUT2D eigenvalue weighted by atomic mass is 10.3. The zero-order chi connectivity index (χ0) is 8.27. The maximum absolute atomic E-state index is 12.7. The zero-order valence-electron chi connectivity index (χ0n) is 7.35. The number of hydrogen-bond donors (Lipinski definition) is 0. The van der Waals surface area contributed by atoms with Crippen LogP contribution in [0.25, 0.3) is 0 Å². The maximum Gasteiger partial charge on any atom is 0.463 e. The van der Waals surface area contributed by atoms with Crippen LogP contribution in [0.1, 0.15) is 26.7 Å². The molecular formula is C8H16AlFO. The van der Waals surface area contributed by atoms with E-state index >= 15 is 0 Å². The molecule has 0 spiro atoms. The third-order valence-corrected chi connectivity index (χ3v) is 5.23. The molecule has 1 aliphatic rings. The number of alkyl halides is 1. The van der Waals surface area contributed by atoms with Crippen molar-refractivity contribution in [2.45, 2.75) is 43.6 Å². The van der Waals surface area contributed by atoms with Gasteiger partial charge in [-0.05, 0) is 6.42 Å². The van der Waals surface area contributed by atoms with Crippen molar-refractivity contribution in [2.75, 3.05) is 0 Å². The van der Waals surface area contributed by atoms with E-state index in [-0.39, 0.29) is 0 Å². The van der Waals surface area contributed by atoms with Crippen LogP contribution in [-0.4, -0.2) is 20.8 Å². The van der Waals surface area contributed by atoms with E-state index in [1.165, 1.54) is 5.28 Å². The molecule has 0 amide bonds. The molecule has 1 nitrogen and oxygen atoms in total. The van der Waals surface area contributed by atoms with E-state index < -0.39 is 20.8 Å². The summed E-state index contributed by atoms with van der Waals surface area (Å²) in [6, 6.07) is 0. The first kappa shape index (κ1) is 9.51. The van der Waals surface area contributed by atoms with Crippen LogP contribution >= 0.6 is 0 Å². The van der Waals surface area contributed by atoms with Crippen LogP contribution < -0.4 is 0 Å². The Morgan fingerprint density at radius 2 is 2.36 bits per heavy atom. The fourth-order valence-corrected chi connectivity index (χ4v) is 4.33. The van der Waals surface area contributed by atoms with Gasteiger partial charge in [-0.15, -0.1) is 0 Å². The van der Waals surface area contributed by atoms with Gasteiger partial charge in [-0.1, -0.05) is 36.8 Å². The minimum Gasteiger partial charge on any atom is -0.474 e. The van der Waals surface area contributed by atoms with Gasteiger partial charge < -0.3 is 3.79 Å². The van der Waals surface area contributed by atoms with Gasteiger partial charge in [0.05, 0.1) is 0 Å². The summed E-state index contributed by atoms with van der Waals surface area (Å²) in [6.45, 7) is 4.36. The highest BCUT2D eigenvalue weighted by Crippen LogP contribution is 2.22. The largest absolute Gasteiger partial charge is 0.474 e. The quantitative estimate of drug-likeness (QED) is 0.585. The van der Waals surface area contributed by atoms with Crippen LogP contribution in [0, 0.1) is 5.92 Å². The molecule has 0 radical (unpaired) electrons. The summed E-state index contributed by atoms with van der Waals surface area (Å²) >= 11 is -1.12. The molecule has 64 valence electrons. The van der Waals surface area contributed by atoms with E-state index in [1.807, 2.05) is 0 Å². The molecule has 1 aliphatic heterocycles. The van der Waals surface area contributed by atoms with Crippen molar-refractivity contribution >= 4 is 14.5 Å². The number of hydrogen-bond acceptors (Lipinski definition) is 1. The second-order valence-corrected chi connectivity index (χ2v) is 6.29. The van der Waals surface area contributed by atoms with Crippen LogP contribution in [0.3, 0.4) is 0 Å². The van der Waals surface area contributed by atoms with Gasteiger partial charge in [-0.2, -0.15) is 0 Å². The summed E-state index contributed by atoms with van der Waals surface area (Å²) < 4.78 is 18.0. The lowest BCUT2D eigenvalue weighted by Crippen LogP contribution is -2.29. The summed E-state index contributed by atoms with van der Waals surface area (Å²) in [5.41, 5.74) is 0. The Morgan fingerprint density at radius 1 is 1.64 bits per heavy atom. The minimum atomic E-state index is -1.12. The molecule has 3 heteroatoms. The predicted molar refractivity (Wildman–Crippen MR) is 45.4 cm³/mol. The lowest BCUT2D eigenvalue weighted by Gasteiger charge is -2.23. The molecule has 1 unspecified atom stereocenters. The fourth-order valence-electron chi connectivity index (χ4n) is 1.55. The highest BCUT2D eigenvalue weighted by Gasteiger charge is 2.29. The van der Waals surface area contributed by atoms with E-state index in [1.54, 1.807) is 0 Å². The number of halogens is 1. The van der Waals surface area contributed by atoms with Crippen molar-refractivity contribution in [1.82, 2.24) is 0 Å². The molecule has 1 saturated heterocycles. The summed E-state index contributed by atoms with van der Waals surface area (Å²) in [4.78, 5) is 0. The van der Waals surface area contributed by atoms with Gasteiger partial charge in [0.2, 0.25) is 0 Å². The maximum atomic E-state index is 12.7. The van der Waals surface area contributed by atoms with E-state index in [0.29, 0.717) is 12.3 Å². The van der Waals surface area contributed by atoms with Crippen molar-refractivity contribution in [3.8, 4) is 0 Å². The van der Waals surface area contributed by atoms with Gasteiger partial charge >= 0.3 is 14.5 Å². The Hall–Kier alpha value is 0.422. The van der Waals surface area contributed by atoms with Crippen molar-refractivity contribution in [1.29, 1.82) is 0 Å². The third-order valence-electron chi connectivity index (χ3n) is 2.03. The average Bonchev–Trinajstić information content (AvgIpc) is 1.85. The molecule has 0 bridgehead atoms. The second kappa shape index (κ2) is 4.45. The summed E-state index contributed by atoms with van der Waals surface area (Å²) in [5.74, 6) is 0.678. The van der Waals surface area contributed by atoms with Crippen LogP contribution in [-0.2, 0) is 3.79 Å². The van der Waals surface area contributed by atoms with E-state index in [9.17, 15) is 4.39 Å². The first-order chi connectivity index (χ1) is 5.18. The monoisotopic (exact) mass is 174 g/mol. The molecule has 0 aromatic rings. The van der Waals surface area contributed by atoms with E-state index in [0.717, 1.165) is 11.7 Å². The first-order valence-electron chi connectivity index (χ1n) is 4.48. The van der Waals surface area contributed by atoms with Crippen molar-refractivity contribution < 1.29 is 8.18 Å². The lowest BCUT2D eigenvalue weighted by molar-refractivity contribution is 0.0424. The zero-order valence-corrected chi connectivity index (χ0v) is 8.50. The van der Waals surface area contributed by atoms with Crippen LogP contribution in [0.2, 0.25) is 10.6 Å². The van der Waals surface area contributed by atoms with E-state index in [2.05, 4.69) is 13.8 Å². The highest BCUT2D eigenvalue weighted by molar-refractivity contribution is 6.52. The average molecular weight is 174 g/mol. The Labute approximate surface area is 72.7 Å². The standard InChI is InChI=1S/C4H7FO.C4H9.Al/c1-2-3-4(5)6;1-4(2)3;/h4H,1-3H2;4H,1H2,2-3H3;/q-1;;+1. The SMILES string of the molecule is CC(C)[CH2][Al]1[CH2]CCC(F)[O]1. The van der Waals surface area contributed by atoms with Crippen molar-refractivity contribution in [2.24, 2.45) is 5.92 Å². The first-order valence-corrected chi connectivity index (χ1v) is 6.58. The fraction of sp³-hybridized carbons (Fsp3) is 1.00. The van der Waals surface area contributed by atoms with Crippen molar-refractivity contribution in [3.63, 3.8) is 0 Å². The Balaban J connectivity index is 2.23. The molecule has 1 fully saturated rings. The molecular weight excluding hydrogens is 158 g/mol. The minimum absolute atomic E-state index is 0.627. The summed E-state index contributed by atoms with van der Waals surface area (Å²) in [7, 11) is 0. The van der Waals surface area contributed by atoms with Crippen LogP contribution in [0.4, 0.5) is 4.39 Å². The molecule has 0 aliphatic carbocycles. The molecule has 11 heavy (non-hydrogen) atoms. The topological polar surface area (TPSA) is 9.23 Å². The molecule has 0 aromatic carbocycles. The van der Waals surface area contributed by atoms with Gasteiger partial charge in [0.25, 0.3) is 0 Å². The molecule has 1 atom stereocenters. The predicted octanol–water partition coefficient (Wildman–Crippen LogP) is 2.74. The molecule has 0 saturated carbocycles. The van der Waals surface area contributed by atoms with Gasteiger partial charge in [-0.25, -0.2) is 4.39 Å². The van der Waals surface area contributed by atoms with Gasteiger partial charge in [0, 0.05) is 0 Å². The Bertz CT molecular complexity index is 117. The van der Waals surface area contributed by atoms with E-state index in [4.69, 9.17) is 3.79 Å². The summed E-state index contributed by atoms with van der Waals surface area (Å²) in [5, 5.41) is 2.32. The van der Waals surface area contributed by atoms with Crippen LogP contribution in [0.5, 0.6) is 0 Å².